The van der Waals surface area contributed by atoms with Crippen molar-refractivity contribution in [3.63, 3.8) is 0 Å². The number of rotatable bonds is 7. The van der Waals surface area contributed by atoms with Crippen molar-refractivity contribution in [3.8, 4) is 0 Å². The Morgan fingerprint density at radius 3 is 2.21 bits per heavy atom. The molecule has 38 heavy (non-hydrogen) atoms. The van der Waals surface area contributed by atoms with Crippen LogP contribution in [0.25, 0.3) is 0 Å². The SMILES string of the molecule is CC(C)=CC[C@@H]1C[C@]2(CC=C(C)C)C(=O)C3=C(O[C@@H](C(C)(C)O)C3)[C@@](C(=O)c3ccccc3)(C2=O)C1(C)C. The van der Waals surface area contributed by atoms with Gasteiger partial charge in [0.2, 0.25) is 0 Å². The Kier molecular flexibility index (Phi) is 7.01. The summed E-state index contributed by atoms with van der Waals surface area (Å²) in [5.41, 5.74) is -2.16. The molecule has 4 atom stereocenters. The second-order valence-corrected chi connectivity index (χ2v) is 13.1. The van der Waals surface area contributed by atoms with Crippen LogP contribution < -0.4 is 0 Å². The third-order valence-electron chi connectivity index (χ3n) is 9.16. The van der Waals surface area contributed by atoms with Crippen molar-refractivity contribution in [1.82, 2.24) is 0 Å². The smallest absolute Gasteiger partial charge is 0.184 e. The molecule has 5 heteroatoms. The predicted molar refractivity (Wildman–Crippen MR) is 148 cm³/mol. The number of hydrogen-bond acceptors (Lipinski definition) is 5. The second-order valence-electron chi connectivity index (χ2n) is 13.1. The summed E-state index contributed by atoms with van der Waals surface area (Å²) in [7, 11) is 0. The molecular formula is C33H42O5. The van der Waals surface area contributed by atoms with Crippen molar-refractivity contribution in [2.45, 2.75) is 92.8 Å². The van der Waals surface area contributed by atoms with E-state index in [-0.39, 0.29) is 41.9 Å². The molecule has 1 heterocycles. The van der Waals surface area contributed by atoms with Crippen LogP contribution in [0, 0.1) is 22.2 Å². The summed E-state index contributed by atoms with van der Waals surface area (Å²) < 4.78 is 6.42. The number of hydrogen-bond donors (Lipinski definition) is 1. The highest BCUT2D eigenvalue weighted by atomic mass is 16.5. The molecule has 1 aromatic rings. The summed E-state index contributed by atoms with van der Waals surface area (Å²) in [6.07, 6.45) is 4.83. The van der Waals surface area contributed by atoms with Gasteiger partial charge in [0.25, 0.3) is 0 Å². The van der Waals surface area contributed by atoms with Gasteiger partial charge in [-0.25, -0.2) is 0 Å². The van der Waals surface area contributed by atoms with Crippen LogP contribution in [0.1, 0.15) is 91.4 Å². The first kappa shape index (κ1) is 28.2. The number of benzene rings is 1. The van der Waals surface area contributed by atoms with E-state index in [4.69, 9.17) is 4.74 Å². The number of fused-ring (bicyclic) bond motifs is 3. The Morgan fingerprint density at radius 1 is 1.05 bits per heavy atom. The van der Waals surface area contributed by atoms with Crippen molar-refractivity contribution in [2.75, 3.05) is 0 Å². The van der Waals surface area contributed by atoms with Gasteiger partial charge in [0, 0.05) is 17.6 Å². The zero-order chi connectivity index (χ0) is 28.3. The third-order valence-corrected chi connectivity index (χ3v) is 9.16. The van der Waals surface area contributed by atoms with Crippen LogP contribution in [0.5, 0.6) is 0 Å². The second kappa shape index (κ2) is 9.44. The average Bonchev–Trinajstić information content (AvgIpc) is 3.29. The number of ketones is 3. The van der Waals surface area contributed by atoms with Gasteiger partial charge in [-0.3, -0.25) is 14.4 Å². The molecule has 3 aliphatic rings. The molecule has 2 bridgehead atoms. The number of carbonyl (C=O) groups is 3. The summed E-state index contributed by atoms with van der Waals surface area (Å²) in [6, 6.07) is 8.89. The normalized spacial score (nSPS) is 29.9. The van der Waals surface area contributed by atoms with E-state index in [1.807, 2.05) is 53.7 Å². The lowest BCUT2D eigenvalue weighted by molar-refractivity contribution is -0.165. The Bertz CT molecular complexity index is 1250. The van der Waals surface area contributed by atoms with E-state index in [1.54, 1.807) is 38.1 Å². The van der Waals surface area contributed by atoms with E-state index in [0.717, 1.165) is 11.1 Å². The van der Waals surface area contributed by atoms with Gasteiger partial charge in [-0.15, -0.1) is 0 Å². The summed E-state index contributed by atoms with van der Waals surface area (Å²) in [6.45, 7) is 15.2. The molecule has 204 valence electrons. The van der Waals surface area contributed by atoms with Gasteiger partial charge in [0.15, 0.2) is 22.8 Å². The Balaban J connectivity index is 2.08. The van der Waals surface area contributed by atoms with Gasteiger partial charge in [0.05, 0.1) is 11.0 Å². The van der Waals surface area contributed by atoms with Crippen molar-refractivity contribution in [1.29, 1.82) is 0 Å². The standard InChI is InChI=1S/C33H42O5/c1-20(2)14-15-23-19-32(17-16-21(3)4)27(35)24-18-25(31(7,8)37)38-28(24)33(29(32)36,30(23,5)6)26(34)22-12-10-9-11-13-22/h9-14,16,23,25,37H,15,17-19H2,1-8H3/t23-,25-,32-,33+/m1/s1. The lowest BCUT2D eigenvalue weighted by atomic mass is 9.39. The minimum absolute atomic E-state index is 0.129. The summed E-state index contributed by atoms with van der Waals surface area (Å²) in [5.74, 6) is -0.872. The molecule has 1 fully saturated rings. The highest BCUT2D eigenvalue weighted by Gasteiger charge is 2.76. The number of carbonyl (C=O) groups excluding carboxylic acids is 3. The van der Waals surface area contributed by atoms with E-state index >= 15 is 4.79 Å². The molecule has 0 unspecified atom stereocenters. The van der Waals surface area contributed by atoms with Gasteiger partial charge < -0.3 is 9.84 Å². The van der Waals surface area contributed by atoms with Crippen molar-refractivity contribution in [3.05, 3.63) is 70.5 Å². The molecule has 4 rings (SSSR count). The summed E-state index contributed by atoms with van der Waals surface area (Å²) in [5, 5.41) is 10.9. The third kappa shape index (κ3) is 4.05. The van der Waals surface area contributed by atoms with Gasteiger partial charge >= 0.3 is 0 Å². The number of ether oxygens (including phenoxy) is 1. The first-order valence-electron chi connectivity index (χ1n) is 13.7. The lowest BCUT2D eigenvalue weighted by Gasteiger charge is -2.59. The Hall–Kier alpha value is -2.79. The molecule has 2 aliphatic carbocycles. The van der Waals surface area contributed by atoms with E-state index in [1.165, 1.54) is 0 Å². The quantitative estimate of drug-likeness (QED) is 0.251. The van der Waals surface area contributed by atoms with Crippen LogP contribution in [0.2, 0.25) is 0 Å². The highest BCUT2D eigenvalue weighted by Crippen LogP contribution is 2.68. The minimum atomic E-state index is -1.68. The lowest BCUT2D eigenvalue weighted by Crippen LogP contribution is -2.68. The highest BCUT2D eigenvalue weighted by molar-refractivity contribution is 6.30. The zero-order valence-electron chi connectivity index (χ0n) is 24.1. The van der Waals surface area contributed by atoms with E-state index in [0.29, 0.717) is 24.0 Å². The molecule has 0 saturated heterocycles. The Labute approximate surface area is 227 Å². The zero-order valence-corrected chi connectivity index (χ0v) is 24.1. The number of allylic oxidation sites excluding steroid dienone is 5. The molecule has 5 nitrogen and oxygen atoms in total. The first-order chi connectivity index (χ1) is 17.6. The van der Waals surface area contributed by atoms with Crippen LogP contribution in [0.3, 0.4) is 0 Å². The summed E-state index contributed by atoms with van der Waals surface area (Å²) >= 11 is 0. The molecule has 0 aromatic heterocycles. The van der Waals surface area contributed by atoms with Crippen LogP contribution in [0.15, 0.2) is 65.0 Å². The predicted octanol–water partition coefficient (Wildman–Crippen LogP) is 6.57. The molecule has 1 N–H and O–H groups in total. The maximum Gasteiger partial charge on any atom is 0.184 e. The fourth-order valence-corrected chi connectivity index (χ4v) is 6.75. The summed E-state index contributed by atoms with van der Waals surface area (Å²) in [4.78, 5) is 44.2. The monoisotopic (exact) mass is 518 g/mol. The number of aliphatic hydroxyl groups is 1. The van der Waals surface area contributed by atoms with Gasteiger partial charge in [-0.1, -0.05) is 67.5 Å². The fourth-order valence-electron chi connectivity index (χ4n) is 6.75. The van der Waals surface area contributed by atoms with E-state index < -0.39 is 27.9 Å². The molecule has 1 aromatic carbocycles. The maximum atomic E-state index is 15.0. The molecule has 1 aliphatic heterocycles. The van der Waals surface area contributed by atoms with Gasteiger partial charge in [-0.05, 0) is 72.1 Å². The van der Waals surface area contributed by atoms with E-state index in [2.05, 4.69) is 6.08 Å². The molecular weight excluding hydrogens is 476 g/mol. The topological polar surface area (TPSA) is 80.7 Å². The van der Waals surface area contributed by atoms with Crippen LogP contribution in [-0.4, -0.2) is 34.2 Å². The van der Waals surface area contributed by atoms with Crippen molar-refractivity contribution in [2.24, 2.45) is 22.2 Å². The first-order valence-corrected chi connectivity index (χ1v) is 13.7. The van der Waals surface area contributed by atoms with Crippen LogP contribution in [-0.2, 0) is 14.3 Å². The largest absolute Gasteiger partial charge is 0.489 e. The molecule has 0 amide bonds. The Morgan fingerprint density at radius 2 is 1.66 bits per heavy atom. The van der Waals surface area contributed by atoms with Crippen LogP contribution >= 0.6 is 0 Å². The van der Waals surface area contributed by atoms with Crippen molar-refractivity contribution < 1.29 is 24.2 Å². The number of Topliss-reactive ketones (excluding diaryl/α,β-unsaturated/α-hetero) is 3. The van der Waals surface area contributed by atoms with Crippen molar-refractivity contribution >= 4 is 17.3 Å². The van der Waals surface area contributed by atoms with Crippen LogP contribution in [0.4, 0.5) is 0 Å². The minimum Gasteiger partial charge on any atom is -0.489 e. The van der Waals surface area contributed by atoms with Gasteiger partial charge in [0.1, 0.15) is 11.9 Å². The fraction of sp³-hybridized carbons (Fsp3) is 0.545. The molecule has 0 spiro atoms. The van der Waals surface area contributed by atoms with E-state index in [9.17, 15) is 14.7 Å². The average molecular weight is 519 g/mol. The van der Waals surface area contributed by atoms with Gasteiger partial charge in [-0.2, -0.15) is 0 Å². The maximum absolute atomic E-state index is 15.0. The molecule has 0 radical (unpaired) electrons. The molecule has 1 saturated carbocycles.